The Labute approximate surface area is 186 Å². The van der Waals surface area contributed by atoms with Gasteiger partial charge in [0.15, 0.2) is 0 Å². The van der Waals surface area contributed by atoms with Crippen LogP contribution in [0.25, 0.3) is 0 Å². The lowest BCUT2D eigenvalue weighted by atomic mass is 9.95. The molecule has 0 radical (unpaired) electrons. The van der Waals surface area contributed by atoms with E-state index in [0.29, 0.717) is 0 Å². The Morgan fingerprint density at radius 2 is 1.56 bits per heavy atom. The monoisotopic (exact) mass is 447 g/mol. The Morgan fingerprint density at radius 3 is 2.09 bits per heavy atom. The average Bonchev–Trinajstić information content (AvgIpc) is 3.19. The van der Waals surface area contributed by atoms with Crippen LogP contribution in [0, 0.1) is 0 Å². The smallest absolute Gasteiger partial charge is 0.409 e. The van der Waals surface area contributed by atoms with Gasteiger partial charge in [0.05, 0.1) is 19.4 Å². The fraction of sp³-hybridized carbons (Fsp3) is 0.455. The van der Waals surface area contributed by atoms with Crippen LogP contribution in [0.5, 0.6) is 0 Å². The van der Waals surface area contributed by atoms with E-state index < -0.39 is 29.2 Å². The summed E-state index contributed by atoms with van der Waals surface area (Å²) in [7, 11) is 0. The second-order valence-electron chi connectivity index (χ2n) is 7.67. The lowest BCUT2D eigenvalue weighted by Gasteiger charge is -2.31. The Kier molecular flexibility index (Phi) is 8.22. The van der Waals surface area contributed by atoms with Crippen LogP contribution in [-0.2, 0) is 35.9 Å². The van der Waals surface area contributed by atoms with Gasteiger partial charge in [-0.1, -0.05) is 35.2 Å². The molecule has 1 N–H and O–H groups in total. The summed E-state index contributed by atoms with van der Waals surface area (Å²) in [5.41, 5.74) is -2.56. The van der Waals surface area contributed by atoms with Gasteiger partial charge < -0.3 is 19.0 Å². The van der Waals surface area contributed by atoms with E-state index in [0.717, 1.165) is 10.4 Å². The number of alkyl carbamates (subject to hydrolysis) is 1. The summed E-state index contributed by atoms with van der Waals surface area (Å²) in [4.78, 5) is 45.6. The molecule has 10 heteroatoms. The van der Waals surface area contributed by atoms with Gasteiger partial charge in [-0.2, -0.15) is 0 Å². The van der Waals surface area contributed by atoms with Crippen molar-refractivity contribution in [3.63, 3.8) is 0 Å². The molecule has 0 atom stereocenters. The molecule has 0 saturated carbocycles. The van der Waals surface area contributed by atoms with Gasteiger partial charge in [-0.05, 0) is 46.2 Å². The van der Waals surface area contributed by atoms with E-state index in [1.54, 1.807) is 34.6 Å². The average molecular weight is 447 g/mol. The van der Waals surface area contributed by atoms with Crippen LogP contribution in [0.1, 0.15) is 45.9 Å². The quantitative estimate of drug-likeness (QED) is 0.354. The molecule has 0 aliphatic rings. The van der Waals surface area contributed by atoms with Crippen LogP contribution >= 0.6 is 0 Å². The van der Waals surface area contributed by atoms with Crippen molar-refractivity contribution in [3.8, 4) is 0 Å². The molecular weight excluding hydrogens is 418 g/mol. The summed E-state index contributed by atoms with van der Waals surface area (Å²) in [6.07, 6.45) is 0.305. The summed E-state index contributed by atoms with van der Waals surface area (Å²) >= 11 is 0. The number of hydrogen-bond acceptors (Lipinski definition) is 8. The maximum absolute atomic E-state index is 13.1. The van der Waals surface area contributed by atoms with Crippen molar-refractivity contribution in [2.24, 2.45) is 0 Å². The minimum atomic E-state index is -2.40. The van der Waals surface area contributed by atoms with Crippen LogP contribution in [0.15, 0.2) is 42.6 Å². The lowest BCUT2D eigenvalue weighted by molar-refractivity contribution is -0.168. The molecule has 174 valence electrons. The number of ether oxygens (including phenoxy) is 3. The summed E-state index contributed by atoms with van der Waals surface area (Å²) in [6, 6.07) is 10.6. The highest BCUT2D eigenvalue weighted by Gasteiger charge is 2.56. The van der Waals surface area contributed by atoms with E-state index in [9.17, 15) is 14.4 Å². The Bertz CT molecular complexity index is 901. The van der Waals surface area contributed by atoms with Gasteiger partial charge in [0.2, 0.25) is 0 Å². The molecule has 0 aliphatic carbocycles. The molecule has 32 heavy (non-hydrogen) atoms. The van der Waals surface area contributed by atoms with Gasteiger partial charge in [-0.25, -0.2) is 14.4 Å². The van der Waals surface area contributed by atoms with E-state index in [1.165, 1.54) is 12.3 Å². The molecule has 10 nitrogen and oxygen atoms in total. The van der Waals surface area contributed by atoms with Crippen molar-refractivity contribution >= 4 is 18.0 Å². The zero-order valence-electron chi connectivity index (χ0n) is 18.9. The number of amides is 1. The van der Waals surface area contributed by atoms with Crippen molar-refractivity contribution in [3.05, 3.63) is 53.9 Å². The normalized spacial score (nSPS) is 11.4. The highest BCUT2D eigenvalue weighted by Crippen LogP contribution is 2.26. The molecule has 0 saturated heterocycles. The van der Waals surface area contributed by atoms with E-state index in [1.807, 2.05) is 30.3 Å². The van der Waals surface area contributed by atoms with Gasteiger partial charge in [0, 0.05) is 0 Å². The van der Waals surface area contributed by atoms with E-state index >= 15 is 0 Å². The lowest BCUT2D eigenvalue weighted by Crippen LogP contribution is -2.60. The SMILES string of the molecule is CCOC(=O)C(NC(=O)OC(C)(C)C)(C(=O)OCC)c1ccnn1OCc1ccccc1. The zero-order chi connectivity index (χ0) is 23.8. The largest absolute Gasteiger partial charge is 0.463 e. The van der Waals surface area contributed by atoms with Gasteiger partial charge in [-0.3, -0.25) is 5.32 Å². The minimum absolute atomic E-state index is 0.0466. The maximum Gasteiger partial charge on any atom is 0.409 e. The highest BCUT2D eigenvalue weighted by atomic mass is 16.7. The van der Waals surface area contributed by atoms with Crippen LogP contribution in [0.4, 0.5) is 4.79 Å². The number of hydrogen-bond donors (Lipinski definition) is 1. The number of rotatable bonds is 9. The molecule has 0 unspecified atom stereocenters. The first kappa shape index (κ1) is 24.7. The highest BCUT2D eigenvalue weighted by molar-refractivity contribution is 6.07. The van der Waals surface area contributed by atoms with Crippen molar-refractivity contribution < 1.29 is 33.4 Å². The molecule has 1 amide bonds. The Hall–Kier alpha value is -3.56. The summed E-state index contributed by atoms with van der Waals surface area (Å²) < 4.78 is 15.6. The molecule has 2 aromatic rings. The molecule has 0 spiro atoms. The Morgan fingerprint density at radius 1 is 0.969 bits per heavy atom. The van der Waals surface area contributed by atoms with Gasteiger partial charge in [-0.15, -0.1) is 5.10 Å². The fourth-order valence-corrected chi connectivity index (χ4v) is 2.77. The molecule has 1 aromatic carbocycles. The van der Waals surface area contributed by atoms with Crippen LogP contribution in [0.3, 0.4) is 0 Å². The first-order valence-electron chi connectivity index (χ1n) is 10.2. The zero-order valence-corrected chi connectivity index (χ0v) is 18.9. The van der Waals surface area contributed by atoms with Crippen molar-refractivity contribution in [1.29, 1.82) is 0 Å². The van der Waals surface area contributed by atoms with Crippen LogP contribution in [0.2, 0.25) is 0 Å². The van der Waals surface area contributed by atoms with Gasteiger partial charge >= 0.3 is 18.0 Å². The van der Waals surface area contributed by atoms with E-state index in [-0.39, 0.29) is 25.5 Å². The predicted octanol–water partition coefficient (Wildman–Crippen LogP) is 2.36. The number of nitrogens with zero attached hydrogens (tertiary/aromatic N) is 2. The number of carbonyl (C=O) groups excluding carboxylic acids is 3. The summed E-state index contributed by atoms with van der Waals surface area (Å²) in [5, 5.41) is 6.40. The standard InChI is InChI=1S/C22H29N3O7/c1-6-29-18(26)22(19(27)30-7-2,24-20(28)32-21(3,4)5)17-13-14-23-25(17)31-15-16-11-9-8-10-12-16/h8-14H,6-7,15H2,1-5H3,(H,24,28). The second-order valence-corrected chi connectivity index (χ2v) is 7.67. The van der Waals surface area contributed by atoms with Crippen molar-refractivity contribution in [2.45, 2.75) is 52.4 Å². The molecule has 2 rings (SSSR count). The molecule has 0 fully saturated rings. The number of esters is 2. The second kappa shape index (κ2) is 10.7. The van der Waals surface area contributed by atoms with E-state index in [4.69, 9.17) is 19.0 Å². The molecule has 0 aliphatic heterocycles. The van der Waals surface area contributed by atoms with Crippen molar-refractivity contribution in [1.82, 2.24) is 15.3 Å². The first-order chi connectivity index (χ1) is 15.1. The molecule has 1 aromatic heterocycles. The number of benzene rings is 1. The molecular formula is C22H29N3O7. The third kappa shape index (κ3) is 5.99. The van der Waals surface area contributed by atoms with Gasteiger partial charge in [0.1, 0.15) is 17.9 Å². The first-order valence-corrected chi connectivity index (χ1v) is 10.2. The van der Waals surface area contributed by atoms with Crippen LogP contribution < -0.4 is 10.2 Å². The fourth-order valence-electron chi connectivity index (χ4n) is 2.77. The summed E-state index contributed by atoms with van der Waals surface area (Å²) in [6.45, 7) is 8.09. The molecule has 0 bridgehead atoms. The topological polar surface area (TPSA) is 118 Å². The molecule has 1 heterocycles. The number of aromatic nitrogens is 2. The van der Waals surface area contributed by atoms with E-state index in [2.05, 4.69) is 10.4 Å². The Balaban J connectivity index is 2.51. The third-order valence-corrected chi connectivity index (χ3v) is 4.04. The predicted molar refractivity (Wildman–Crippen MR) is 113 cm³/mol. The number of nitrogens with one attached hydrogen (secondary N) is 1. The van der Waals surface area contributed by atoms with Crippen molar-refractivity contribution in [2.75, 3.05) is 13.2 Å². The van der Waals surface area contributed by atoms with Gasteiger partial charge in [0.25, 0.3) is 5.54 Å². The minimum Gasteiger partial charge on any atom is -0.463 e. The van der Waals surface area contributed by atoms with Crippen LogP contribution in [-0.4, -0.2) is 46.8 Å². The maximum atomic E-state index is 13.1. The number of carbonyl (C=O) groups is 3. The third-order valence-electron chi connectivity index (χ3n) is 4.04. The summed E-state index contributed by atoms with van der Waals surface area (Å²) in [5.74, 6) is -2.12.